The van der Waals surface area contributed by atoms with Crippen LogP contribution in [-0.4, -0.2) is 17.1 Å². The van der Waals surface area contributed by atoms with Gasteiger partial charge < -0.3 is 5.32 Å². The highest BCUT2D eigenvalue weighted by Crippen LogP contribution is 2.42. The largest absolute Gasteiger partial charge is 0.321 e. The maximum Gasteiger partial charge on any atom is 0.269 e. The molecular weight excluding hydrogens is 522 g/mol. The molecule has 1 aliphatic rings. The standard InChI is InChI=1S/C25H17BrClN3O2S/c26-17-10-12-19(13-11-17)30-24(32)22(14-16-6-4-5-9-21(16)27)33-25(30)20(15-28)23(31)29-18-7-2-1-3-8-18/h1-13,22H,14H2,(H,29,31)/b25-20-/t22-/m0/s1. The molecule has 0 saturated carbocycles. The fourth-order valence-corrected chi connectivity index (χ4v) is 5.16. The van der Waals surface area contributed by atoms with E-state index in [2.05, 4.69) is 21.2 Å². The first kappa shape index (κ1) is 23.1. The molecule has 3 aromatic rings. The number of anilines is 2. The highest BCUT2D eigenvalue weighted by molar-refractivity contribution is 9.10. The number of nitrogens with zero attached hydrogens (tertiary/aromatic N) is 2. The summed E-state index contributed by atoms with van der Waals surface area (Å²) < 4.78 is 0.853. The molecule has 0 unspecified atom stereocenters. The van der Waals surface area contributed by atoms with Gasteiger partial charge in [-0.05, 0) is 54.4 Å². The van der Waals surface area contributed by atoms with Crippen LogP contribution in [0.25, 0.3) is 0 Å². The average Bonchev–Trinajstić information content (AvgIpc) is 3.12. The fourth-order valence-electron chi connectivity index (χ4n) is 3.39. The van der Waals surface area contributed by atoms with Gasteiger partial charge in [0, 0.05) is 20.9 Å². The molecule has 1 N–H and O–H groups in total. The molecule has 8 heteroatoms. The molecule has 1 heterocycles. The Balaban J connectivity index is 1.74. The summed E-state index contributed by atoms with van der Waals surface area (Å²) in [6.07, 6.45) is 0.374. The number of para-hydroxylation sites is 1. The number of rotatable bonds is 5. The molecule has 1 atom stereocenters. The van der Waals surface area contributed by atoms with Gasteiger partial charge in [0.1, 0.15) is 16.7 Å². The molecule has 1 saturated heterocycles. The zero-order chi connectivity index (χ0) is 23.4. The Labute approximate surface area is 209 Å². The Morgan fingerprint density at radius 2 is 1.73 bits per heavy atom. The van der Waals surface area contributed by atoms with Crippen LogP contribution in [0.4, 0.5) is 11.4 Å². The van der Waals surface area contributed by atoms with Crippen molar-refractivity contribution in [3.05, 3.63) is 105 Å². The Morgan fingerprint density at radius 3 is 2.39 bits per heavy atom. The van der Waals surface area contributed by atoms with Gasteiger partial charge in [0.2, 0.25) is 5.91 Å². The van der Waals surface area contributed by atoms with Crippen molar-refractivity contribution in [2.24, 2.45) is 0 Å². The normalized spacial score (nSPS) is 16.9. The maximum absolute atomic E-state index is 13.5. The lowest BCUT2D eigenvalue weighted by Crippen LogP contribution is -2.31. The third-order valence-corrected chi connectivity index (χ3v) is 7.15. The number of benzene rings is 3. The monoisotopic (exact) mass is 537 g/mol. The topological polar surface area (TPSA) is 73.2 Å². The van der Waals surface area contributed by atoms with Gasteiger partial charge >= 0.3 is 0 Å². The molecule has 1 fully saturated rings. The quantitative estimate of drug-likeness (QED) is 0.312. The number of nitrogens with one attached hydrogen (secondary N) is 1. The van der Waals surface area contributed by atoms with Crippen molar-refractivity contribution in [2.75, 3.05) is 10.2 Å². The van der Waals surface area contributed by atoms with E-state index in [1.165, 1.54) is 16.7 Å². The first-order valence-electron chi connectivity index (χ1n) is 9.98. The maximum atomic E-state index is 13.5. The summed E-state index contributed by atoms with van der Waals surface area (Å²) in [6.45, 7) is 0. The summed E-state index contributed by atoms with van der Waals surface area (Å²) in [5.41, 5.74) is 1.84. The number of amides is 2. The van der Waals surface area contributed by atoms with Crippen LogP contribution < -0.4 is 10.2 Å². The number of halogens is 2. The third-order valence-electron chi connectivity index (χ3n) is 4.99. The molecule has 1 aliphatic heterocycles. The minimum atomic E-state index is -0.570. The number of thioether (sulfide) groups is 1. The molecular formula is C25H17BrClN3O2S. The molecule has 0 bridgehead atoms. The fraction of sp³-hybridized carbons (Fsp3) is 0.0800. The third kappa shape index (κ3) is 5.14. The second-order valence-corrected chi connectivity index (χ2v) is 9.68. The lowest BCUT2D eigenvalue weighted by atomic mass is 10.1. The number of nitriles is 1. The minimum absolute atomic E-state index is 0.123. The van der Waals surface area contributed by atoms with Gasteiger partial charge in [-0.25, -0.2) is 0 Å². The van der Waals surface area contributed by atoms with Gasteiger partial charge in [0.15, 0.2) is 0 Å². The molecule has 33 heavy (non-hydrogen) atoms. The van der Waals surface area contributed by atoms with Gasteiger partial charge in [-0.3, -0.25) is 14.5 Å². The first-order valence-corrected chi connectivity index (χ1v) is 12.0. The summed E-state index contributed by atoms with van der Waals surface area (Å²) in [7, 11) is 0. The van der Waals surface area contributed by atoms with Crippen LogP contribution in [0.1, 0.15) is 5.56 Å². The summed E-state index contributed by atoms with van der Waals surface area (Å²) in [6, 6.07) is 25.4. The number of carbonyl (C=O) groups is 2. The van der Waals surface area contributed by atoms with E-state index in [-0.39, 0.29) is 11.5 Å². The highest BCUT2D eigenvalue weighted by Gasteiger charge is 2.41. The first-order chi connectivity index (χ1) is 16.0. The van der Waals surface area contributed by atoms with Crippen molar-refractivity contribution in [3.63, 3.8) is 0 Å². The molecule has 164 valence electrons. The van der Waals surface area contributed by atoms with Gasteiger partial charge in [-0.1, -0.05) is 75.7 Å². The number of hydrogen-bond donors (Lipinski definition) is 1. The Hall–Kier alpha value is -3.05. The van der Waals surface area contributed by atoms with Crippen LogP contribution in [0.3, 0.4) is 0 Å². The summed E-state index contributed by atoms with van der Waals surface area (Å²) in [5, 5.41) is 13.0. The van der Waals surface area contributed by atoms with E-state index in [0.717, 1.165) is 10.0 Å². The van der Waals surface area contributed by atoms with E-state index in [0.29, 0.717) is 27.8 Å². The highest BCUT2D eigenvalue weighted by atomic mass is 79.9. The van der Waals surface area contributed by atoms with E-state index in [9.17, 15) is 14.9 Å². The van der Waals surface area contributed by atoms with Gasteiger partial charge in [0.25, 0.3) is 5.91 Å². The molecule has 0 spiro atoms. The van der Waals surface area contributed by atoms with Crippen LogP contribution >= 0.6 is 39.3 Å². The molecule has 4 rings (SSSR count). The zero-order valence-corrected chi connectivity index (χ0v) is 20.3. The predicted molar refractivity (Wildman–Crippen MR) is 136 cm³/mol. The SMILES string of the molecule is N#C/C(C(=O)Nc1ccccc1)=C1/S[C@@H](Cc2ccccc2Cl)C(=O)N1c1ccc(Br)cc1. The number of hydrogen-bond acceptors (Lipinski definition) is 4. The summed E-state index contributed by atoms with van der Waals surface area (Å²) in [5.74, 6) is -0.781. The molecule has 0 radical (unpaired) electrons. The summed E-state index contributed by atoms with van der Waals surface area (Å²) in [4.78, 5) is 28.0. The van der Waals surface area contributed by atoms with Crippen molar-refractivity contribution in [1.29, 1.82) is 5.26 Å². The van der Waals surface area contributed by atoms with Crippen LogP contribution in [0.5, 0.6) is 0 Å². The molecule has 3 aromatic carbocycles. The zero-order valence-electron chi connectivity index (χ0n) is 17.2. The van der Waals surface area contributed by atoms with E-state index < -0.39 is 11.2 Å². The molecule has 0 aromatic heterocycles. The second-order valence-electron chi connectivity index (χ2n) is 7.16. The minimum Gasteiger partial charge on any atom is -0.321 e. The predicted octanol–water partition coefficient (Wildman–Crippen LogP) is 6.17. The van der Waals surface area contributed by atoms with Crippen molar-refractivity contribution >= 4 is 62.5 Å². The Morgan fingerprint density at radius 1 is 1.06 bits per heavy atom. The van der Waals surface area contributed by atoms with Crippen LogP contribution in [-0.2, 0) is 16.0 Å². The van der Waals surface area contributed by atoms with E-state index >= 15 is 0 Å². The second kappa shape index (κ2) is 10.3. The average molecular weight is 539 g/mol. The van der Waals surface area contributed by atoms with Crippen molar-refractivity contribution < 1.29 is 9.59 Å². The molecule has 5 nitrogen and oxygen atoms in total. The van der Waals surface area contributed by atoms with Crippen LogP contribution in [0.2, 0.25) is 5.02 Å². The van der Waals surface area contributed by atoms with Crippen LogP contribution in [0.15, 0.2) is 93.9 Å². The van der Waals surface area contributed by atoms with Crippen LogP contribution in [0, 0.1) is 11.3 Å². The molecule has 0 aliphatic carbocycles. The van der Waals surface area contributed by atoms with E-state index in [1.54, 1.807) is 42.5 Å². The lowest BCUT2D eigenvalue weighted by molar-refractivity contribution is -0.117. The van der Waals surface area contributed by atoms with Crippen molar-refractivity contribution in [1.82, 2.24) is 0 Å². The Kier molecular flexibility index (Phi) is 7.19. The lowest BCUT2D eigenvalue weighted by Gasteiger charge is -2.19. The van der Waals surface area contributed by atoms with Gasteiger partial charge in [-0.2, -0.15) is 5.26 Å². The smallest absolute Gasteiger partial charge is 0.269 e. The van der Waals surface area contributed by atoms with Gasteiger partial charge in [0.05, 0.1) is 5.25 Å². The Bertz CT molecular complexity index is 1270. The van der Waals surface area contributed by atoms with E-state index in [4.69, 9.17) is 11.6 Å². The molecule has 2 amide bonds. The summed E-state index contributed by atoms with van der Waals surface area (Å²) >= 11 is 10.9. The van der Waals surface area contributed by atoms with Gasteiger partial charge in [-0.15, -0.1) is 0 Å². The van der Waals surface area contributed by atoms with Crippen molar-refractivity contribution in [2.45, 2.75) is 11.7 Å². The van der Waals surface area contributed by atoms with Crippen molar-refractivity contribution in [3.8, 4) is 6.07 Å². The number of carbonyl (C=O) groups excluding carboxylic acids is 2. The van der Waals surface area contributed by atoms with E-state index in [1.807, 2.05) is 42.5 Å².